The van der Waals surface area contributed by atoms with Crippen molar-refractivity contribution in [3.8, 4) is 0 Å². The molecule has 0 spiro atoms. The molecule has 9 heavy (non-hydrogen) atoms. The van der Waals surface area contributed by atoms with Gasteiger partial charge in [-0.3, -0.25) is 9.69 Å². The van der Waals surface area contributed by atoms with E-state index in [1.807, 2.05) is 25.1 Å². The Bertz CT molecular complexity index is 149. The normalized spacial score (nSPS) is 26.1. The van der Waals surface area contributed by atoms with Crippen LogP contribution in [0.4, 0.5) is 0 Å². The maximum absolute atomic E-state index is 10.9. The van der Waals surface area contributed by atoms with Crippen molar-refractivity contribution >= 4 is 5.78 Å². The smallest absolute Gasteiger partial charge is 0.172 e. The summed E-state index contributed by atoms with van der Waals surface area (Å²) in [5.41, 5.74) is 0. The average molecular weight is 125 g/mol. The van der Waals surface area contributed by atoms with Gasteiger partial charge in [0, 0.05) is 0 Å². The second-order valence-corrected chi connectivity index (χ2v) is 2.52. The van der Waals surface area contributed by atoms with Gasteiger partial charge in [-0.05, 0) is 26.6 Å². The number of hydrogen-bond acceptors (Lipinski definition) is 2. The van der Waals surface area contributed by atoms with Gasteiger partial charge in [0.2, 0.25) is 0 Å². The van der Waals surface area contributed by atoms with Crippen LogP contribution in [-0.2, 0) is 4.79 Å². The molecule has 1 aliphatic carbocycles. The van der Waals surface area contributed by atoms with Crippen LogP contribution >= 0.6 is 0 Å². The molecule has 1 unspecified atom stereocenters. The lowest BCUT2D eigenvalue weighted by Crippen LogP contribution is -2.31. The summed E-state index contributed by atoms with van der Waals surface area (Å²) in [5.74, 6) is 0.236. The van der Waals surface area contributed by atoms with Crippen molar-refractivity contribution < 1.29 is 4.79 Å². The van der Waals surface area contributed by atoms with E-state index in [2.05, 4.69) is 0 Å². The van der Waals surface area contributed by atoms with Gasteiger partial charge < -0.3 is 0 Å². The second kappa shape index (κ2) is 2.31. The van der Waals surface area contributed by atoms with E-state index in [0.717, 1.165) is 6.42 Å². The molecule has 1 aliphatic rings. The van der Waals surface area contributed by atoms with Crippen LogP contribution in [0.5, 0.6) is 0 Å². The average Bonchev–Trinajstić information content (AvgIpc) is 2.13. The lowest BCUT2D eigenvalue weighted by atomic mass is 10.2. The highest BCUT2D eigenvalue weighted by Gasteiger charge is 2.20. The molecule has 0 aromatic heterocycles. The summed E-state index contributed by atoms with van der Waals surface area (Å²) in [4.78, 5) is 12.8. The van der Waals surface area contributed by atoms with E-state index in [-0.39, 0.29) is 11.8 Å². The molecule has 50 valence electrons. The van der Waals surface area contributed by atoms with Gasteiger partial charge in [-0.15, -0.1) is 0 Å². The van der Waals surface area contributed by atoms with Gasteiger partial charge in [-0.25, -0.2) is 0 Å². The summed E-state index contributed by atoms with van der Waals surface area (Å²) in [6, 6.07) is 0.116. The predicted octanol–water partition coefficient (Wildman–Crippen LogP) is 0.446. The number of carbonyl (C=O) groups is 1. The molecule has 0 radical (unpaired) electrons. The molecule has 0 aliphatic heterocycles. The Labute approximate surface area is 55.2 Å². The Morgan fingerprint density at radius 3 is 2.56 bits per heavy atom. The fourth-order valence-corrected chi connectivity index (χ4v) is 1.01. The largest absolute Gasteiger partial charge is 0.299 e. The Morgan fingerprint density at radius 2 is 2.33 bits per heavy atom. The fraction of sp³-hybridized carbons (Fsp3) is 0.571. The van der Waals surface area contributed by atoms with Crippen molar-refractivity contribution in [2.24, 2.45) is 0 Å². The van der Waals surface area contributed by atoms with Crippen molar-refractivity contribution in [2.75, 3.05) is 14.1 Å². The summed E-state index contributed by atoms with van der Waals surface area (Å²) in [6.07, 6.45) is 4.46. The molecular weight excluding hydrogens is 114 g/mol. The lowest BCUT2D eigenvalue weighted by molar-refractivity contribution is -0.117. The Hall–Kier alpha value is -0.630. The highest BCUT2D eigenvalue weighted by atomic mass is 16.1. The van der Waals surface area contributed by atoms with Gasteiger partial charge in [-0.1, -0.05) is 6.08 Å². The molecule has 0 aromatic carbocycles. The van der Waals surface area contributed by atoms with Gasteiger partial charge in [-0.2, -0.15) is 0 Å². The van der Waals surface area contributed by atoms with Crippen molar-refractivity contribution in [2.45, 2.75) is 12.5 Å². The van der Waals surface area contributed by atoms with Crippen LogP contribution in [0.3, 0.4) is 0 Å². The number of hydrogen-bond donors (Lipinski definition) is 0. The maximum atomic E-state index is 10.9. The van der Waals surface area contributed by atoms with Crippen LogP contribution < -0.4 is 0 Å². The molecule has 0 aromatic rings. The van der Waals surface area contributed by atoms with E-state index in [0.29, 0.717) is 0 Å². The van der Waals surface area contributed by atoms with Crippen molar-refractivity contribution in [1.82, 2.24) is 4.90 Å². The van der Waals surface area contributed by atoms with E-state index in [1.165, 1.54) is 0 Å². The molecule has 0 heterocycles. The first kappa shape index (κ1) is 6.49. The fourth-order valence-electron chi connectivity index (χ4n) is 1.01. The Balaban J connectivity index is 2.56. The third-order valence-electron chi connectivity index (χ3n) is 1.59. The SMILES string of the molecule is CN(C)C1CC=CC1=O. The monoisotopic (exact) mass is 125 g/mol. The topological polar surface area (TPSA) is 20.3 Å². The van der Waals surface area contributed by atoms with E-state index in [9.17, 15) is 4.79 Å². The molecule has 2 heteroatoms. The van der Waals surface area contributed by atoms with Gasteiger partial charge in [0.25, 0.3) is 0 Å². The Morgan fingerprint density at radius 1 is 1.67 bits per heavy atom. The predicted molar refractivity (Wildman–Crippen MR) is 36.2 cm³/mol. The van der Waals surface area contributed by atoms with Crippen molar-refractivity contribution in [3.63, 3.8) is 0 Å². The molecular formula is C7H11NO. The number of carbonyl (C=O) groups excluding carboxylic acids is 1. The summed E-state index contributed by atoms with van der Waals surface area (Å²) < 4.78 is 0. The van der Waals surface area contributed by atoms with Crippen LogP contribution in [-0.4, -0.2) is 30.8 Å². The number of rotatable bonds is 1. The highest BCUT2D eigenvalue weighted by Crippen LogP contribution is 2.09. The molecule has 1 atom stereocenters. The molecule has 0 saturated carbocycles. The quantitative estimate of drug-likeness (QED) is 0.507. The second-order valence-electron chi connectivity index (χ2n) is 2.52. The van der Waals surface area contributed by atoms with Gasteiger partial charge >= 0.3 is 0 Å². The third kappa shape index (κ3) is 1.19. The first-order chi connectivity index (χ1) is 4.22. The molecule has 1 rings (SSSR count). The van der Waals surface area contributed by atoms with Gasteiger partial charge in [0.1, 0.15) is 0 Å². The minimum Gasteiger partial charge on any atom is -0.299 e. The lowest BCUT2D eigenvalue weighted by Gasteiger charge is -2.15. The van der Waals surface area contributed by atoms with E-state index < -0.39 is 0 Å². The van der Waals surface area contributed by atoms with Crippen LogP contribution in [0.2, 0.25) is 0 Å². The van der Waals surface area contributed by atoms with Crippen LogP contribution in [0.1, 0.15) is 6.42 Å². The first-order valence-electron chi connectivity index (χ1n) is 3.08. The first-order valence-corrected chi connectivity index (χ1v) is 3.08. The summed E-state index contributed by atoms with van der Waals surface area (Å²) >= 11 is 0. The molecule has 0 N–H and O–H groups in total. The molecule has 0 amide bonds. The third-order valence-corrected chi connectivity index (χ3v) is 1.59. The zero-order chi connectivity index (χ0) is 6.85. The van der Waals surface area contributed by atoms with Crippen LogP contribution in [0, 0.1) is 0 Å². The van der Waals surface area contributed by atoms with Gasteiger partial charge in [0.15, 0.2) is 5.78 Å². The summed E-state index contributed by atoms with van der Waals surface area (Å²) in [6.45, 7) is 0. The number of ketones is 1. The van der Waals surface area contributed by atoms with Gasteiger partial charge in [0.05, 0.1) is 6.04 Å². The van der Waals surface area contributed by atoms with E-state index >= 15 is 0 Å². The zero-order valence-corrected chi connectivity index (χ0v) is 5.79. The summed E-state index contributed by atoms with van der Waals surface area (Å²) in [5, 5.41) is 0. The Kier molecular flexibility index (Phi) is 1.67. The van der Waals surface area contributed by atoms with Crippen LogP contribution in [0.15, 0.2) is 12.2 Å². The highest BCUT2D eigenvalue weighted by molar-refractivity contribution is 5.96. The summed E-state index contributed by atoms with van der Waals surface area (Å²) in [7, 11) is 3.85. The molecule has 0 bridgehead atoms. The molecule has 0 saturated heterocycles. The van der Waals surface area contributed by atoms with Crippen LogP contribution in [0.25, 0.3) is 0 Å². The standard InChI is InChI=1S/C7H11NO/c1-8(2)6-4-3-5-7(6)9/h3,5-6H,4H2,1-2H3. The zero-order valence-electron chi connectivity index (χ0n) is 5.79. The molecule has 0 fully saturated rings. The van der Waals surface area contributed by atoms with E-state index in [1.54, 1.807) is 6.08 Å². The molecule has 2 nitrogen and oxygen atoms in total. The minimum absolute atomic E-state index is 0.116. The van der Waals surface area contributed by atoms with Crippen molar-refractivity contribution in [1.29, 1.82) is 0 Å². The van der Waals surface area contributed by atoms with Crippen molar-refractivity contribution in [3.05, 3.63) is 12.2 Å². The number of nitrogens with zero attached hydrogens (tertiary/aromatic N) is 1. The number of likely N-dealkylation sites (N-methyl/N-ethyl adjacent to an activating group) is 1. The van der Waals surface area contributed by atoms with E-state index in [4.69, 9.17) is 0 Å². The minimum atomic E-state index is 0.116. The maximum Gasteiger partial charge on any atom is 0.172 e.